The number of nitrogens with zero attached hydrogens (tertiary/aromatic N) is 3. The van der Waals surface area contributed by atoms with Crippen LogP contribution in [0.3, 0.4) is 0 Å². The summed E-state index contributed by atoms with van der Waals surface area (Å²) < 4.78 is 5.70. The number of aryl methyl sites for hydroxylation is 1. The molecule has 6 nitrogen and oxygen atoms in total. The molecule has 2 unspecified atom stereocenters. The van der Waals surface area contributed by atoms with Crippen molar-refractivity contribution in [1.29, 1.82) is 0 Å². The summed E-state index contributed by atoms with van der Waals surface area (Å²) in [6, 6.07) is 7.91. The lowest BCUT2D eigenvalue weighted by Crippen LogP contribution is -2.39. The molecule has 1 saturated carbocycles. The van der Waals surface area contributed by atoms with Crippen molar-refractivity contribution in [2.75, 3.05) is 18.5 Å². The second-order valence-corrected chi connectivity index (χ2v) is 7.64. The quantitative estimate of drug-likeness (QED) is 0.742. The third kappa shape index (κ3) is 2.80. The summed E-state index contributed by atoms with van der Waals surface area (Å²) in [5.41, 5.74) is 2.36. The molecule has 0 amide bonds. The molecule has 138 valence electrons. The number of aromatic hydroxyl groups is 1. The Morgan fingerprint density at radius 1 is 1.07 bits per heavy atom. The number of ether oxygens (including phenoxy) is 1. The van der Waals surface area contributed by atoms with Gasteiger partial charge in [0, 0.05) is 46.6 Å². The van der Waals surface area contributed by atoms with Gasteiger partial charge in [-0.2, -0.15) is 0 Å². The maximum Gasteiger partial charge on any atom is 0.158 e. The zero-order valence-electron chi connectivity index (χ0n) is 15.2. The Bertz CT molecular complexity index is 991. The van der Waals surface area contributed by atoms with Gasteiger partial charge in [0.05, 0.1) is 13.2 Å². The van der Waals surface area contributed by atoms with Crippen LogP contribution in [0.2, 0.25) is 0 Å². The Morgan fingerprint density at radius 3 is 2.67 bits per heavy atom. The van der Waals surface area contributed by atoms with E-state index in [4.69, 9.17) is 4.74 Å². The molecule has 1 aliphatic heterocycles. The van der Waals surface area contributed by atoms with Crippen LogP contribution in [0.15, 0.2) is 36.7 Å². The highest BCUT2D eigenvalue weighted by Gasteiger charge is 2.40. The first-order valence-corrected chi connectivity index (χ1v) is 9.45. The first-order valence-electron chi connectivity index (χ1n) is 9.45. The Morgan fingerprint density at radius 2 is 1.89 bits per heavy atom. The second kappa shape index (κ2) is 6.46. The van der Waals surface area contributed by atoms with E-state index >= 15 is 0 Å². The smallest absolute Gasteiger partial charge is 0.158 e. The lowest BCUT2D eigenvalue weighted by Gasteiger charge is -2.31. The van der Waals surface area contributed by atoms with Gasteiger partial charge in [-0.3, -0.25) is 4.98 Å². The van der Waals surface area contributed by atoms with Gasteiger partial charge in [0.1, 0.15) is 11.4 Å². The summed E-state index contributed by atoms with van der Waals surface area (Å²) in [7, 11) is 0. The molecular formula is C21H22N4O2. The molecular weight excluding hydrogens is 340 g/mol. The van der Waals surface area contributed by atoms with Crippen molar-refractivity contribution in [3.63, 3.8) is 0 Å². The van der Waals surface area contributed by atoms with Crippen molar-refractivity contribution in [1.82, 2.24) is 15.2 Å². The maximum absolute atomic E-state index is 10.4. The lowest BCUT2D eigenvalue weighted by atomic mass is 9.96. The fourth-order valence-electron chi connectivity index (χ4n) is 4.46. The number of aromatic nitrogens is 3. The molecule has 6 heteroatoms. The topological polar surface area (TPSA) is 80.2 Å². The zero-order chi connectivity index (χ0) is 18.4. The molecule has 3 heterocycles. The van der Waals surface area contributed by atoms with E-state index in [1.807, 2.05) is 31.3 Å². The minimum Gasteiger partial charge on any atom is -0.507 e. The van der Waals surface area contributed by atoms with E-state index in [1.54, 1.807) is 12.3 Å². The Hall–Kier alpha value is -2.73. The van der Waals surface area contributed by atoms with Gasteiger partial charge < -0.3 is 15.2 Å². The number of pyridine rings is 1. The standard InChI is InChI=1S/C21H22N4O2/c1-12-2-5-16(18(26)8-12)20-15-6-7-22-9-17(15)21(25-24-20)23-19-13-3-4-14(19)11-27-10-13/h2,5-9,13-14,19,26H,3-4,10-11H2,1H3,(H,23,25). The molecule has 2 N–H and O–H groups in total. The van der Waals surface area contributed by atoms with E-state index in [0.717, 1.165) is 35.4 Å². The number of anilines is 1. The van der Waals surface area contributed by atoms with Gasteiger partial charge in [-0.05, 0) is 43.5 Å². The summed E-state index contributed by atoms with van der Waals surface area (Å²) in [5, 5.41) is 24.8. The Labute approximate surface area is 157 Å². The molecule has 27 heavy (non-hydrogen) atoms. The summed E-state index contributed by atoms with van der Waals surface area (Å²) >= 11 is 0. The Balaban J connectivity index is 1.58. The van der Waals surface area contributed by atoms with Crippen LogP contribution in [-0.4, -0.2) is 39.5 Å². The van der Waals surface area contributed by atoms with Crippen molar-refractivity contribution >= 4 is 16.6 Å². The first kappa shape index (κ1) is 16.4. The molecule has 2 fully saturated rings. The molecule has 2 aromatic heterocycles. The van der Waals surface area contributed by atoms with Crippen molar-refractivity contribution in [3.05, 3.63) is 42.2 Å². The second-order valence-electron chi connectivity index (χ2n) is 7.64. The highest BCUT2D eigenvalue weighted by Crippen LogP contribution is 2.39. The molecule has 3 aromatic rings. The van der Waals surface area contributed by atoms with Crippen LogP contribution >= 0.6 is 0 Å². The van der Waals surface area contributed by atoms with Crippen molar-refractivity contribution in [2.24, 2.45) is 11.8 Å². The van der Waals surface area contributed by atoms with Gasteiger partial charge in [-0.1, -0.05) is 6.07 Å². The van der Waals surface area contributed by atoms with E-state index < -0.39 is 0 Å². The molecule has 1 aliphatic carbocycles. The summed E-state index contributed by atoms with van der Waals surface area (Å²) in [5.74, 6) is 2.03. The number of rotatable bonds is 3. The van der Waals surface area contributed by atoms with Crippen molar-refractivity contribution in [2.45, 2.75) is 25.8 Å². The largest absolute Gasteiger partial charge is 0.507 e. The van der Waals surface area contributed by atoms with Gasteiger partial charge in [0.15, 0.2) is 5.82 Å². The number of phenols is 1. The van der Waals surface area contributed by atoms with Crippen molar-refractivity contribution < 1.29 is 9.84 Å². The molecule has 2 aliphatic rings. The molecule has 0 spiro atoms. The number of nitrogens with one attached hydrogen (secondary N) is 1. The summed E-state index contributed by atoms with van der Waals surface area (Å²) in [6.07, 6.45) is 5.96. The van der Waals surface area contributed by atoms with E-state index in [0.29, 0.717) is 29.1 Å². The number of fused-ring (bicyclic) bond motifs is 3. The van der Waals surface area contributed by atoms with Crippen LogP contribution in [0.5, 0.6) is 5.75 Å². The number of hydrogen-bond acceptors (Lipinski definition) is 6. The molecule has 1 saturated heterocycles. The zero-order valence-corrected chi connectivity index (χ0v) is 15.2. The van der Waals surface area contributed by atoms with Gasteiger partial charge in [-0.25, -0.2) is 0 Å². The number of phenolic OH excluding ortho intramolecular Hbond substituents is 1. The number of benzene rings is 1. The minimum absolute atomic E-state index is 0.214. The van der Waals surface area contributed by atoms with E-state index in [-0.39, 0.29) is 5.75 Å². The van der Waals surface area contributed by atoms with Crippen LogP contribution in [0.4, 0.5) is 5.82 Å². The predicted octanol–water partition coefficient (Wildman–Crippen LogP) is 3.54. The monoisotopic (exact) mass is 362 g/mol. The van der Waals surface area contributed by atoms with Gasteiger partial charge >= 0.3 is 0 Å². The Kier molecular flexibility index (Phi) is 3.93. The van der Waals surface area contributed by atoms with Gasteiger partial charge in [0.2, 0.25) is 0 Å². The van der Waals surface area contributed by atoms with Crippen LogP contribution in [-0.2, 0) is 4.74 Å². The van der Waals surface area contributed by atoms with E-state index in [9.17, 15) is 5.11 Å². The van der Waals surface area contributed by atoms with Crippen LogP contribution < -0.4 is 5.32 Å². The molecule has 5 rings (SSSR count). The lowest BCUT2D eigenvalue weighted by molar-refractivity contribution is 0.0392. The maximum atomic E-state index is 10.4. The molecule has 0 radical (unpaired) electrons. The fraction of sp³-hybridized carbons (Fsp3) is 0.381. The first-order chi connectivity index (χ1) is 13.2. The minimum atomic E-state index is 0.214. The van der Waals surface area contributed by atoms with E-state index in [2.05, 4.69) is 20.5 Å². The normalized spacial score (nSPS) is 24.3. The highest BCUT2D eigenvalue weighted by atomic mass is 16.5. The third-order valence-electron chi connectivity index (χ3n) is 5.88. The summed E-state index contributed by atoms with van der Waals surface area (Å²) in [6.45, 7) is 3.58. The van der Waals surface area contributed by atoms with Crippen LogP contribution in [0.25, 0.3) is 22.0 Å². The average Bonchev–Trinajstić information content (AvgIpc) is 2.89. The predicted molar refractivity (Wildman–Crippen MR) is 104 cm³/mol. The van der Waals surface area contributed by atoms with Gasteiger partial charge in [-0.15, -0.1) is 10.2 Å². The van der Waals surface area contributed by atoms with Crippen LogP contribution in [0.1, 0.15) is 18.4 Å². The SMILES string of the molecule is Cc1ccc(-c2nnc(NC3C4CCC3COC4)c3cnccc23)c(O)c1. The van der Waals surface area contributed by atoms with Crippen LogP contribution in [0, 0.1) is 18.8 Å². The molecule has 2 atom stereocenters. The third-order valence-corrected chi connectivity index (χ3v) is 5.88. The number of hydrogen-bond donors (Lipinski definition) is 2. The summed E-state index contributed by atoms with van der Waals surface area (Å²) in [4.78, 5) is 4.30. The highest BCUT2D eigenvalue weighted by molar-refractivity contribution is 6.00. The molecule has 2 bridgehead atoms. The molecule has 1 aromatic carbocycles. The fourth-order valence-corrected chi connectivity index (χ4v) is 4.46. The van der Waals surface area contributed by atoms with E-state index in [1.165, 1.54) is 12.8 Å². The average molecular weight is 362 g/mol. The van der Waals surface area contributed by atoms with Crippen molar-refractivity contribution in [3.8, 4) is 17.0 Å². The van der Waals surface area contributed by atoms with Gasteiger partial charge in [0.25, 0.3) is 0 Å².